The Morgan fingerprint density at radius 2 is 2.00 bits per heavy atom. The van der Waals surface area contributed by atoms with Gasteiger partial charge in [0.1, 0.15) is 0 Å². The molecule has 0 aliphatic heterocycles. The number of ether oxygens (including phenoxy) is 1. The van der Waals surface area contributed by atoms with Gasteiger partial charge in [0.2, 0.25) is 5.88 Å². The van der Waals surface area contributed by atoms with Crippen LogP contribution in [0.5, 0.6) is 5.88 Å². The molecule has 1 rings (SSSR count). The Balaban J connectivity index is 2.51. The number of aromatic nitrogens is 2. The fourth-order valence-corrected chi connectivity index (χ4v) is 1.07. The molecule has 1 aromatic rings. The molecule has 0 radical (unpaired) electrons. The van der Waals surface area contributed by atoms with E-state index in [0.717, 1.165) is 18.8 Å². The third-order valence-corrected chi connectivity index (χ3v) is 2.48. The highest BCUT2D eigenvalue weighted by molar-refractivity contribution is 5.07. The summed E-state index contributed by atoms with van der Waals surface area (Å²) in [7, 11) is 0. The van der Waals surface area contributed by atoms with E-state index < -0.39 is 0 Å². The zero-order chi connectivity index (χ0) is 12.0. The molecule has 0 aliphatic rings. The van der Waals surface area contributed by atoms with E-state index >= 15 is 0 Å². The van der Waals surface area contributed by atoms with E-state index in [1.54, 1.807) is 12.4 Å². The van der Waals surface area contributed by atoms with Gasteiger partial charge in [-0.05, 0) is 19.4 Å². The highest BCUT2D eigenvalue weighted by atomic mass is 16.5. The van der Waals surface area contributed by atoms with Crippen molar-refractivity contribution in [2.45, 2.75) is 40.3 Å². The van der Waals surface area contributed by atoms with Crippen molar-refractivity contribution in [1.82, 2.24) is 15.3 Å². The maximum absolute atomic E-state index is 5.64. The van der Waals surface area contributed by atoms with Crippen molar-refractivity contribution in [1.29, 1.82) is 0 Å². The van der Waals surface area contributed by atoms with E-state index in [9.17, 15) is 0 Å². The minimum Gasteiger partial charge on any atom is -0.473 e. The molecule has 0 saturated heterocycles. The minimum atomic E-state index is 0.161. The van der Waals surface area contributed by atoms with Crippen LogP contribution in [-0.4, -0.2) is 22.6 Å². The first kappa shape index (κ1) is 12.9. The predicted octanol–water partition coefficient (Wildman–Crippen LogP) is 2.01. The van der Waals surface area contributed by atoms with Gasteiger partial charge in [0, 0.05) is 6.54 Å². The largest absolute Gasteiger partial charge is 0.473 e. The second-order valence-electron chi connectivity index (χ2n) is 4.19. The van der Waals surface area contributed by atoms with Crippen molar-refractivity contribution in [2.75, 3.05) is 6.54 Å². The number of rotatable bonds is 6. The Bertz CT molecular complexity index is 298. The molecule has 0 spiro atoms. The highest BCUT2D eigenvalue weighted by Gasteiger charge is 2.09. The van der Waals surface area contributed by atoms with Crippen molar-refractivity contribution in [3.8, 4) is 5.88 Å². The third-order valence-electron chi connectivity index (χ3n) is 2.48. The first-order chi connectivity index (χ1) is 7.63. The molecule has 0 fully saturated rings. The fraction of sp³-hybridized carbons (Fsp3) is 0.667. The lowest BCUT2D eigenvalue weighted by Gasteiger charge is -2.16. The molecule has 0 saturated carbocycles. The maximum atomic E-state index is 5.64. The summed E-state index contributed by atoms with van der Waals surface area (Å²) < 4.78 is 5.64. The number of nitrogens with zero attached hydrogens (tertiary/aromatic N) is 2. The van der Waals surface area contributed by atoms with Crippen LogP contribution in [0.1, 0.15) is 33.4 Å². The number of hydrogen-bond donors (Lipinski definition) is 1. The maximum Gasteiger partial charge on any atom is 0.232 e. The minimum absolute atomic E-state index is 0.161. The average molecular weight is 223 g/mol. The Morgan fingerprint density at radius 1 is 1.25 bits per heavy atom. The van der Waals surface area contributed by atoms with Crippen LogP contribution < -0.4 is 10.1 Å². The summed E-state index contributed by atoms with van der Waals surface area (Å²) in [4.78, 5) is 8.51. The van der Waals surface area contributed by atoms with Crippen LogP contribution in [0.15, 0.2) is 12.4 Å². The molecule has 0 amide bonds. The smallest absolute Gasteiger partial charge is 0.232 e. The molecule has 4 nitrogen and oxygen atoms in total. The van der Waals surface area contributed by atoms with Crippen molar-refractivity contribution < 1.29 is 4.74 Å². The van der Waals surface area contributed by atoms with Crippen molar-refractivity contribution in [3.05, 3.63) is 18.1 Å². The molecular weight excluding hydrogens is 202 g/mol. The SMILES string of the molecule is CCNCc1cnc(OC(C)C(C)C)cn1. The van der Waals surface area contributed by atoms with E-state index in [1.807, 2.05) is 6.92 Å². The highest BCUT2D eigenvalue weighted by Crippen LogP contribution is 2.11. The molecule has 1 N–H and O–H groups in total. The summed E-state index contributed by atoms with van der Waals surface area (Å²) in [5.41, 5.74) is 0.936. The lowest BCUT2D eigenvalue weighted by Crippen LogP contribution is -2.19. The quantitative estimate of drug-likeness (QED) is 0.801. The zero-order valence-electron chi connectivity index (χ0n) is 10.5. The van der Waals surface area contributed by atoms with E-state index in [0.29, 0.717) is 11.8 Å². The molecule has 1 aromatic heterocycles. The summed E-state index contributed by atoms with van der Waals surface area (Å²) in [6, 6.07) is 0. The Hall–Kier alpha value is -1.16. The van der Waals surface area contributed by atoms with Gasteiger partial charge in [-0.25, -0.2) is 4.98 Å². The molecule has 1 unspecified atom stereocenters. The Kier molecular flexibility index (Phi) is 5.19. The third kappa shape index (κ3) is 4.14. The molecule has 0 aliphatic carbocycles. The average Bonchev–Trinajstić information content (AvgIpc) is 2.28. The zero-order valence-corrected chi connectivity index (χ0v) is 10.5. The molecular formula is C12H21N3O. The van der Waals surface area contributed by atoms with Gasteiger partial charge in [0.25, 0.3) is 0 Å². The second-order valence-corrected chi connectivity index (χ2v) is 4.19. The predicted molar refractivity (Wildman–Crippen MR) is 64.3 cm³/mol. The van der Waals surface area contributed by atoms with Gasteiger partial charge in [0.05, 0.1) is 24.2 Å². The van der Waals surface area contributed by atoms with Crippen LogP contribution in [0.3, 0.4) is 0 Å². The Morgan fingerprint density at radius 3 is 2.50 bits per heavy atom. The summed E-state index contributed by atoms with van der Waals surface area (Å²) in [5.74, 6) is 1.07. The van der Waals surface area contributed by atoms with Crippen LogP contribution in [0, 0.1) is 5.92 Å². The number of nitrogens with one attached hydrogen (secondary N) is 1. The molecule has 1 heterocycles. The summed E-state index contributed by atoms with van der Waals surface area (Å²) in [6.07, 6.45) is 3.60. The molecule has 4 heteroatoms. The normalized spacial score (nSPS) is 12.8. The molecule has 0 aromatic carbocycles. The number of hydrogen-bond acceptors (Lipinski definition) is 4. The van der Waals surface area contributed by atoms with E-state index in [1.165, 1.54) is 0 Å². The molecule has 16 heavy (non-hydrogen) atoms. The van der Waals surface area contributed by atoms with E-state index in [-0.39, 0.29) is 6.10 Å². The van der Waals surface area contributed by atoms with Crippen LogP contribution in [0.2, 0.25) is 0 Å². The van der Waals surface area contributed by atoms with Crippen molar-refractivity contribution >= 4 is 0 Å². The summed E-state index contributed by atoms with van der Waals surface area (Å²) in [5, 5.41) is 3.20. The first-order valence-corrected chi connectivity index (χ1v) is 5.81. The van der Waals surface area contributed by atoms with Gasteiger partial charge in [-0.3, -0.25) is 4.98 Å². The topological polar surface area (TPSA) is 47.0 Å². The van der Waals surface area contributed by atoms with Gasteiger partial charge in [-0.2, -0.15) is 0 Å². The van der Waals surface area contributed by atoms with Gasteiger partial charge in [-0.15, -0.1) is 0 Å². The standard InChI is InChI=1S/C12H21N3O/c1-5-13-6-11-7-15-12(8-14-11)16-10(4)9(2)3/h7-10,13H,5-6H2,1-4H3. The van der Waals surface area contributed by atoms with Crippen molar-refractivity contribution in [2.24, 2.45) is 5.92 Å². The molecule has 90 valence electrons. The summed E-state index contributed by atoms with van der Waals surface area (Å²) >= 11 is 0. The van der Waals surface area contributed by atoms with Gasteiger partial charge >= 0.3 is 0 Å². The lowest BCUT2D eigenvalue weighted by atomic mass is 10.1. The Labute approximate surface area is 97.5 Å². The fourth-order valence-electron chi connectivity index (χ4n) is 1.07. The van der Waals surface area contributed by atoms with Crippen LogP contribution in [0.25, 0.3) is 0 Å². The van der Waals surface area contributed by atoms with Crippen LogP contribution in [0.4, 0.5) is 0 Å². The van der Waals surface area contributed by atoms with E-state index in [4.69, 9.17) is 4.74 Å². The van der Waals surface area contributed by atoms with Gasteiger partial charge in [0.15, 0.2) is 0 Å². The second kappa shape index (κ2) is 6.43. The monoisotopic (exact) mass is 223 g/mol. The molecule has 0 bridgehead atoms. The van der Waals surface area contributed by atoms with Gasteiger partial charge < -0.3 is 10.1 Å². The summed E-state index contributed by atoms with van der Waals surface area (Å²) in [6.45, 7) is 10.0. The first-order valence-electron chi connectivity index (χ1n) is 5.81. The molecule has 1 atom stereocenters. The van der Waals surface area contributed by atoms with Gasteiger partial charge in [-0.1, -0.05) is 20.8 Å². The van der Waals surface area contributed by atoms with Crippen LogP contribution >= 0.6 is 0 Å². The van der Waals surface area contributed by atoms with E-state index in [2.05, 4.69) is 36.1 Å². The van der Waals surface area contributed by atoms with Crippen molar-refractivity contribution in [3.63, 3.8) is 0 Å². The lowest BCUT2D eigenvalue weighted by molar-refractivity contribution is 0.162. The van der Waals surface area contributed by atoms with Crippen LogP contribution in [-0.2, 0) is 6.54 Å².